The highest BCUT2D eigenvalue weighted by Gasteiger charge is 2.15. The van der Waals surface area contributed by atoms with Crippen molar-refractivity contribution in [3.05, 3.63) is 73.8 Å². The van der Waals surface area contributed by atoms with Crippen LogP contribution in [0.3, 0.4) is 0 Å². The molecule has 1 amide bonds. The molecule has 0 aliphatic carbocycles. The normalized spacial score (nSPS) is 11.0. The van der Waals surface area contributed by atoms with Crippen LogP contribution < -0.4 is 16.3 Å². The molecule has 0 aliphatic rings. The van der Waals surface area contributed by atoms with Crippen molar-refractivity contribution >= 4 is 28.7 Å². The third kappa shape index (κ3) is 3.77. The number of aromatic nitrogens is 2. The Morgan fingerprint density at radius 2 is 2.04 bits per heavy atom. The summed E-state index contributed by atoms with van der Waals surface area (Å²) in [5.74, 6) is -1.63. The average molecular weight is 406 g/mol. The first kappa shape index (κ1) is 19.6. The fourth-order valence-electron chi connectivity index (χ4n) is 2.96. The summed E-state index contributed by atoms with van der Waals surface area (Å²) in [6, 6.07) is 4.44. The summed E-state index contributed by atoms with van der Waals surface area (Å²) in [5.41, 5.74) is -1.38. The van der Waals surface area contributed by atoms with E-state index >= 15 is 0 Å². The number of hydrogen-bond acceptors (Lipinski definition) is 4. The van der Waals surface area contributed by atoms with Crippen LogP contribution >= 0.6 is 11.6 Å². The van der Waals surface area contributed by atoms with Crippen molar-refractivity contribution in [3.63, 3.8) is 0 Å². The number of rotatable bonds is 5. The highest BCUT2D eigenvalue weighted by atomic mass is 35.5. The van der Waals surface area contributed by atoms with Gasteiger partial charge >= 0.3 is 0 Å². The van der Waals surface area contributed by atoms with Gasteiger partial charge in [-0.3, -0.25) is 14.4 Å². The molecule has 28 heavy (non-hydrogen) atoms. The summed E-state index contributed by atoms with van der Waals surface area (Å²) in [6.07, 6.45) is 4.98. The van der Waals surface area contributed by atoms with Crippen LogP contribution in [0, 0.1) is 5.82 Å². The molecule has 2 heterocycles. The first-order chi connectivity index (χ1) is 13.3. The zero-order valence-corrected chi connectivity index (χ0v) is 15.7. The minimum atomic E-state index is -0.844. The van der Waals surface area contributed by atoms with E-state index < -0.39 is 28.5 Å². The molecule has 7 nitrogen and oxygen atoms in total. The van der Waals surface area contributed by atoms with Crippen LogP contribution in [0.1, 0.15) is 18.9 Å². The second kappa shape index (κ2) is 7.85. The second-order valence-electron chi connectivity index (χ2n) is 6.26. The molecule has 0 unspecified atom stereocenters. The zero-order chi connectivity index (χ0) is 20.4. The number of amides is 1. The Morgan fingerprint density at radius 3 is 2.71 bits per heavy atom. The lowest BCUT2D eigenvalue weighted by Crippen LogP contribution is -2.25. The van der Waals surface area contributed by atoms with Gasteiger partial charge in [-0.1, -0.05) is 17.7 Å². The second-order valence-corrected chi connectivity index (χ2v) is 6.67. The monoisotopic (exact) mass is 405 g/mol. The number of hydrogen-bond donors (Lipinski definition) is 2. The number of pyridine rings is 1. The van der Waals surface area contributed by atoms with Gasteiger partial charge in [0.1, 0.15) is 11.5 Å². The van der Waals surface area contributed by atoms with E-state index in [2.05, 4.69) is 5.32 Å². The van der Waals surface area contributed by atoms with Gasteiger partial charge in [0, 0.05) is 42.6 Å². The van der Waals surface area contributed by atoms with Crippen molar-refractivity contribution in [2.75, 3.05) is 5.32 Å². The summed E-state index contributed by atoms with van der Waals surface area (Å²) in [7, 11) is 0. The quantitative estimate of drug-likeness (QED) is 0.682. The average Bonchev–Trinajstić information content (AvgIpc) is 2.63. The molecular formula is C19H17ClFN3O4. The zero-order valence-electron chi connectivity index (χ0n) is 14.9. The van der Waals surface area contributed by atoms with E-state index in [0.29, 0.717) is 23.4 Å². The molecule has 2 aromatic heterocycles. The van der Waals surface area contributed by atoms with Gasteiger partial charge in [0.25, 0.3) is 5.56 Å². The summed E-state index contributed by atoms with van der Waals surface area (Å²) in [6.45, 7) is 1.46. The first-order valence-electron chi connectivity index (χ1n) is 8.47. The van der Waals surface area contributed by atoms with Crippen LogP contribution in [0.4, 0.5) is 10.1 Å². The topological polar surface area (TPSA) is 92.8 Å². The number of fused-ring (bicyclic) bond motifs is 1. The van der Waals surface area contributed by atoms with E-state index in [9.17, 15) is 23.9 Å². The highest BCUT2D eigenvalue weighted by molar-refractivity contribution is 6.31. The minimum absolute atomic E-state index is 0.131. The van der Waals surface area contributed by atoms with E-state index in [0.717, 1.165) is 0 Å². The lowest BCUT2D eigenvalue weighted by atomic mass is 10.1. The maximum absolute atomic E-state index is 13.8. The maximum Gasteiger partial charge on any atom is 0.278 e. The maximum atomic E-state index is 13.8. The molecule has 0 aliphatic heterocycles. The molecule has 0 fully saturated rings. The Hall–Kier alpha value is -3.13. The van der Waals surface area contributed by atoms with Crippen LogP contribution in [-0.2, 0) is 17.8 Å². The van der Waals surface area contributed by atoms with Gasteiger partial charge in [-0.25, -0.2) is 4.39 Å². The molecule has 2 N–H and O–H groups in total. The Kier molecular flexibility index (Phi) is 5.51. The van der Waals surface area contributed by atoms with E-state index in [1.165, 1.54) is 46.6 Å². The third-order valence-electron chi connectivity index (χ3n) is 4.28. The Bertz CT molecular complexity index is 1170. The van der Waals surface area contributed by atoms with Crippen molar-refractivity contribution in [3.8, 4) is 5.75 Å². The molecule has 3 aromatic rings. The van der Waals surface area contributed by atoms with E-state index in [1.54, 1.807) is 6.07 Å². The molecule has 0 saturated carbocycles. The van der Waals surface area contributed by atoms with Crippen molar-refractivity contribution in [1.82, 2.24) is 8.97 Å². The molecule has 0 spiro atoms. The van der Waals surface area contributed by atoms with Gasteiger partial charge in [0.15, 0.2) is 11.3 Å². The third-order valence-corrected chi connectivity index (χ3v) is 4.63. The number of nitrogens with one attached hydrogen (secondary N) is 1. The number of benzene rings is 1. The summed E-state index contributed by atoms with van der Waals surface area (Å²) in [4.78, 5) is 36.0. The number of anilines is 1. The standard InChI is InChI=1S/C19H17ClFN3O4/c1-11(25)22-15-10-24-9-8-23(19(28)16(24)18(27)17(15)26)7-3-4-12-13(20)5-2-6-14(12)21/h2,5-6,8-10,27H,3-4,7H2,1H3,(H,22,25). The van der Waals surface area contributed by atoms with Gasteiger partial charge in [-0.15, -0.1) is 0 Å². The van der Waals surface area contributed by atoms with Gasteiger partial charge in [-0.05, 0) is 25.0 Å². The van der Waals surface area contributed by atoms with Gasteiger partial charge in [0.05, 0.1) is 0 Å². The smallest absolute Gasteiger partial charge is 0.278 e. The van der Waals surface area contributed by atoms with Crippen LogP contribution in [-0.4, -0.2) is 20.0 Å². The van der Waals surface area contributed by atoms with Crippen LogP contribution in [0.25, 0.3) is 5.52 Å². The Morgan fingerprint density at radius 1 is 1.29 bits per heavy atom. The van der Waals surface area contributed by atoms with E-state index in [1.807, 2.05) is 0 Å². The van der Waals surface area contributed by atoms with Crippen molar-refractivity contribution in [1.29, 1.82) is 0 Å². The molecule has 1 aromatic carbocycles. The minimum Gasteiger partial charge on any atom is -0.502 e. The van der Waals surface area contributed by atoms with E-state index in [4.69, 9.17) is 11.6 Å². The van der Waals surface area contributed by atoms with Crippen molar-refractivity contribution in [2.24, 2.45) is 0 Å². The number of nitrogens with zero attached hydrogens (tertiary/aromatic N) is 2. The molecule has 146 valence electrons. The van der Waals surface area contributed by atoms with Gasteiger partial charge in [-0.2, -0.15) is 0 Å². The lowest BCUT2D eigenvalue weighted by molar-refractivity contribution is -0.114. The van der Waals surface area contributed by atoms with Crippen molar-refractivity contribution < 1.29 is 14.3 Å². The number of halogens is 2. The first-order valence-corrected chi connectivity index (χ1v) is 8.85. The molecule has 0 bridgehead atoms. The number of aromatic hydroxyl groups is 1. The Labute approximate surface area is 163 Å². The Balaban J connectivity index is 1.90. The summed E-state index contributed by atoms with van der Waals surface area (Å²) >= 11 is 6.00. The van der Waals surface area contributed by atoms with Crippen LogP contribution in [0.2, 0.25) is 5.02 Å². The SMILES string of the molecule is CC(=O)Nc1cn2ccn(CCCc3c(F)cccc3Cl)c(=O)c2c(O)c1=O. The fourth-order valence-corrected chi connectivity index (χ4v) is 3.21. The molecule has 0 atom stereocenters. The van der Waals surface area contributed by atoms with Gasteiger partial charge in [0.2, 0.25) is 11.3 Å². The molecule has 3 rings (SSSR count). The van der Waals surface area contributed by atoms with Crippen LogP contribution in [0.15, 0.2) is 46.4 Å². The summed E-state index contributed by atoms with van der Waals surface area (Å²) < 4.78 is 16.4. The fraction of sp³-hybridized carbons (Fsp3) is 0.211. The molecule has 0 radical (unpaired) electrons. The lowest BCUT2D eigenvalue weighted by Gasteiger charge is -2.11. The number of carbonyl (C=O) groups is 1. The molecule has 9 heteroatoms. The molecule has 0 saturated heterocycles. The van der Waals surface area contributed by atoms with Crippen LogP contribution in [0.5, 0.6) is 5.75 Å². The van der Waals surface area contributed by atoms with Crippen molar-refractivity contribution in [2.45, 2.75) is 26.3 Å². The molecular weight excluding hydrogens is 389 g/mol. The largest absolute Gasteiger partial charge is 0.502 e. The predicted octanol–water partition coefficient (Wildman–Crippen LogP) is 2.55. The van der Waals surface area contributed by atoms with Gasteiger partial charge < -0.3 is 19.4 Å². The van der Waals surface area contributed by atoms with E-state index in [-0.39, 0.29) is 17.7 Å². The summed E-state index contributed by atoms with van der Waals surface area (Å²) in [5, 5.41) is 12.8. The highest BCUT2D eigenvalue weighted by Crippen LogP contribution is 2.20. The number of carbonyl (C=O) groups excluding carboxylic acids is 1. The number of aryl methyl sites for hydroxylation is 1. The predicted molar refractivity (Wildman–Crippen MR) is 104 cm³/mol.